The highest BCUT2D eigenvalue weighted by Crippen LogP contribution is 2.14. The van der Waals surface area contributed by atoms with Crippen LogP contribution < -0.4 is 10.5 Å². The van der Waals surface area contributed by atoms with Gasteiger partial charge in [-0.2, -0.15) is 0 Å². The Balaban J connectivity index is 1.92. The molecule has 19 heavy (non-hydrogen) atoms. The first kappa shape index (κ1) is 14.3. The fraction of sp³-hybridized carbons (Fsp3) is 0.250. The van der Waals surface area contributed by atoms with E-state index in [4.69, 9.17) is 10.5 Å². The summed E-state index contributed by atoms with van der Waals surface area (Å²) in [6, 6.07) is 16.8. The lowest BCUT2D eigenvalue weighted by atomic mass is 10.00. The second-order valence-electron chi connectivity index (χ2n) is 4.64. The lowest BCUT2D eigenvalue weighted by Crippen LogP contribution is -2.25. The Labute approximate surface area is 128 Å². The Morgan fingerprint density at radius 1 is 0.947 bits per heavy atom. The number of ether oxygens (including phenoxy) is 1. The molecule has 0 radical (unpaired) electrons. The maximum atomic E-state index is 6.21. The lowest BCUT2D eigenvalue weighted by molar-refractivity contribution is 0.414. The van der Waals surface area contributed by atoms with Gasteiger partial charge in [0.05, 0.1) is 7.11 Å². The van der Waals surface area contributed by atoms with Crippen LogP contribution in [0.1, 0.15) is 11.1 Å². The number of hydrogen-bond donors (Lipinski definition) is 1. The maximum absolute atomic E-state index is 6.21. The highest BCUT2D eigenvalue weighted by molar-refractivity contribution is 14.1. The topological polar surface area (TPSA) is 35.2 Å². The summed E-state index contributed by atoms with van der Waals surface area (Å²) in [5.74, 6) is 0.884. The van der Waals surface area contributed by atoms with E-state index in [0.717, 1.165) is 18.6 Å². The number of hydrogen-bond acceptors (Lipinski definition) is 2. The van der Waals surface area contributed by atoms with Crippen molar-refractivity contribution in [2.24, 2.45) is 5.73 Å². The average Bonchev–Trinajstić information content (AvgIpc) is 2.42. The van der Waals surface area contributed by atoms with Gasteiger partial charge in [-0.15, -0.1) is 0 Å². The van der Waals surface area contributed by atoms with Gasteiger partial charge in [-0.25, -0.2) is 0 Å². The Bertz CT molecular complexity index is 507. The van der Waals surface area contributed by atoms with Gasteiger partial charge in [-0.05, 0) is 70.8 Å². The maximum Gasteiger partial charge on any atom is 0.118 e. The van der Waals surface area contributed by atoms with Gasteiger partial charge in [-0.3, -0.25) is 0 Å². The lowest BCUT2D eigenvalue weighted by Gasteiger charge is -2.12. The van der Waals surface area contributed by atoms with Gasteiger partial charge < -0.3 is 10.5 Å². The molecule has 2 aromatic rings. The van der Waals surface area contributed by atoms with E-state index in [9.17, 15) is 0 Å². The van der Waals surface area contributed by atoms with E-state index in [1.165, 1.54) is 14.7 Å². The normalized spacial score (nSPS) is 12.2. The van der Waals surface area contributed by atoms with E-state index < -0.39 is 0 Å². The van der Waals surface area contributed by atoms with E-state index in [2.05, 4.69) is 59.0 Å². The Morgan fingerprint density at radius 3 is 1.89 bits per heavy atom. The molecule has 0 saturated carbocycles. The van der Waals surface area contributed by atoms with Crippen LogP contribution in [0.15, 0.2) is 48.5 Å². The first-order chi connectivity index (χ1) is 9.17. The number of halogens is 1. The second-order valence-corrected chi connectivity index (χ2v) is 5.89. The molecule has 0 aliphatic rings. The number of nitrogens with two attached hydrogens (primary N) is 1. The van der Waals surface area contributed by atoms with Crippen molar-refractivity contribution in [3.63, 3.8) is 0 Å². The first-order valence-corrected chi connectivity index (χ1v) is 7.38. The van der Waals surface area contributed by atoms with Crippen molar-refractivity contribution >= 4 is 22.6 Å². The molecule has 0 heterocycles. The fourth-order valence-electron chi connectivity index (χ4n) is 2.06. The van der Waals surface area contributed by atoms with Crippen LogP contribution in [0.4, 0.5) is 0 Å². The molecule has 2 aromatic carbocycles. The van der Waals surface area contributed by atoms with Crippen LogP contribution >= 0.6 is 22.6 Å². The van der Waals surface area contributed by atoms with Crippen molar-refractivity contribution in [3.8, 4) is 5.75 Å². The highest BCUT2D eigenvalue weighted by Gasteiger charge is 2.06. The third-order valence-electron chi connectivity index (χ3n) is 3.07. The summed E-state index contributed by atoms with van der Waals surface area (Å²) in [5.41, 5.74) is 8.76. The molecule has 100 valence electrons. The monoisotopic (exact) mass is 367 g/mol. The fourth-order valence-corrected chi connectivity index (χ4v) is 2.42. The third kappa shape index (κ3) is 4.51. The van der Waals surface area contributed by atoms with Crippen molar-refractivity contribution in [2.75, 3.05) is 7.11 Å². The van der Waals surface area contributed by atoms with Crippen LogP contribution in [0.5, 0.6) is 5.75 Å². The van der Waals surface area contributed by atoms with Gasteiger partial charge in [-0.1, -0.05) is 24.3 Å². The number of methoxy groups -OCH3 is 1. The molecule has 0 aliphatic carbocycles. The molecule has 0 bridgehead atoms. The summed E-state index contributed by atoms with van der Waals surface area (Å²) in [5, 5.41) is 0. The van der Waals surface area contributed by atoms with E-state index in [0.29, 0.717) is 0 Å². The summed E-state index contributed by atoms with van der Waals surface area (Å²) >= 11 is 2.31. The summed E-state index contributed by atoms with van der Waals surface area (Å²) in [4.78, 5) is 0. The number of benzene rings is 2. The molecule has 0 spiro atoms. The van der Waals surface area contributed by atoms with Crippen LogP contribution in [-0.4, -0.2) is 13.2 Å². The van der Waals surface area contributed by atoms with Crippen molar-refractivity contribution in [3.05, 3.63) is 63.2 Å². The minimum atomic E-state index is 0.147. The Hall–Kier alpha value is -1.07. The molecule has 1 unspecified atom stereocenters. The summed E-state index contributed by atoms with van der Waals surface area (Å²) < 4.78 is 6.40. The van der Waals surface area contributed by atoms with E-state index in [-0.39, 0.29) is 6.04 Å². The molecule has 0 aliphatic heterocycles. The van der Waals surface area contributed by atoms with Crippen molar-refractivity contribution in [1.82, 2.24) is 0 Å². The van der Waals surface area contributed by atoms with Gasteiger partial charge in [0.25, 0.3) is 0 Å². The standard InChI is InChI=1S/C16H18INO/c1-19-16-8-4-13(5-9-16)11-15(18)10-12-2-6-14(17)7-3-12/h2-9,15H,10-11,18H2,1H3. The SMILES string of the molecule is COc1ccc(CC(N)Cc2ccc(I)cc2)cc1. The quantitative estimate of drug-likeness (QED) is 0.823. The molecule has 0 fully saturated rings. The molecule has 1 atom stereocenters. The highest BCUT2D eigenvalue weighted by atomic mass is 127. The van der Waals surface area contributed by atoms with Gasteiger partial charge in [0.15, 0.2) is 0 Å². The average molecular weight is 367 g/mol. The van der Waals surface area contributed by atoms with E-state index in [1.807, 2.05) is 12.1 Å². The predicted molar refractivity (Wildman–Crippen MR) is 87.5 cm³/mol. The molecule has 2 N–H and O–H groups in total. The summed E-state index contributed by atoms with van der Waals surface area (Å²) in [7, 11) is 1.68. The molecule has 0 aromatic heterocycles. The first-order valence-electron chi connectivity index (χ1n) is 6.30. The van der Waals surface area contributed by atoms with Gasteiger partial charge in [0.2, 0.25) is 0 Å². The van der Waals surface area contributed by atoms with Crippen molar-refractivity contribution in [2.45, 2.75) is 18.9 Å². The van der Waals surface area contributed by atoms with Gasteiger partial charge in [0, 0.05) is 9.61 Å². The largest absolute Gasteiger partial charge is 0.497 e. The number of rotatable bonds is 5. The van der Waals surface area contributed by atoms with E-state index >= 15 is 0 Å². The molecule has 0 amide bonds. The zero-order chi connectivity index (χ0) is 13.7. The van der Waals surface area contributed by atoms with Crippen LogP contribution in [0, 0.1) is 3.57 Å². The Morgan fingerprint density at radius 2 is 1.42 bits per heavy atom. The van der Waals surface area contributed by atoms with Crippen molar-refractivity contribution in [1.29, 1.82) is 0 Å². The minimum absolute atomic E-state index is 0.147. The van der Waals surface area contributed by atoms with Crippen molar-refractivity contribution < 1.29 is 4.74 Å². The van der Waals surface area contributed by atoms with Gasteiger partial charge >= 0.3 is 0 Å². The summed E-state index contributed by atoms with van der Waals surface area (Å²) in [6.45, 7) is 0. The molecule has 3 heteroatoms. The van der Waals surface area contributed by atoms with Crippen LogP contribution in [0.3, 0.4) is 0 Å². The van der Waals surface area contributed by atoms with Crippen LogP contribution in [-0.2, 0) is 12.8 Å². The van der Waals surface area contributed by atoms with E-state index in [1.54, 1.807) is 7.11 Å². The van der Waals surface area contributed by atoms with Gasteiger partial charge in [0.1, 0.15) is 5.75 Å². The van der Waals surface area contributed by atoms with Crippen LogP contribution in [0.25, 0.3) is 0 Å². The third-order valence-corrected chi connectivity index (χ3v) is 3.79. The van der Waals surface area contributed by atoms with Crippen LogP contribution in [0.2, 0.25) is 0 Å². The molecule has 2 nitrogen and oxygen atoms in total. The molecule has 2 rings (SSSR count). The zero-order valence-electron chi connectivity index (χ0n) is 11.0. The minimum Gasteiger partial charge on any atom is -0.497 e. The smallest absolute Gasteiger partial charge is 0.118 e. The predicted octanol–water partition coefficient (Wildman–Crippen LogP) is 3.41. The Kier molecular flexibility index (Phi) is 5.22. The second kappa shape index (κ2) is 6.91. The molecular formula is C16H18INO. The molecular weight excluding hydrogens is 349 g/mol. The summed E-state index contributed by atoms with van der Waals surface area (Å²) in [6.07, 6.45) is 1.79. The zero-order valence-corrected chi connectivity index (χ0v) is 13.1. The molecule has 0 saturated heterocycles.